The first-order valence-electron chi connectivity index (χ1n) is 6.54. The molecule has 0 saturated carbocycles. The van der Waals surface area contributed by atoms with Crippen molar-refractivity contribution in [2.45, 2.75) is 32.2 Å². The number of piperidine rings is 1. The Kier molecular flexibility index (Phi) is 4.48. The molecular formula is C13H19N5. The number of nitrogens with zero attached hydrogens (tertiary/aromatic N) is 4. The number of likely N-dealkylation sites (tertiary alicyclic amines) is 1. The average molecular weight is 245 g/mol. The van der Waals surface area contributed by atoms with Crippen LogP contribution < -0.4 is 5.32 Å². The monoisotopic (exact) mass is 245 g/mol. The normalized spacial score (nSPS) is 17.3. The van der Waals surface area contributed by atoms with Crippen LogP contribution in [0.3, 0.4) is 0 Å². The van der Waals surface area contributed by atoms with E-state index in [0.717, 1.165) is 25.9 Å². The second kappa shape index (κ2) is 6.31. The van der Waals surface area contributed by atoms with Gasteiger partial charge in [-0.15, -0.1) is 0 Å². The molecule has 0 atom stereocenters. The zero-order chi connectivity index (χ0) is 12.8. The van der Waals surface area contributed by atoms with Crippen molar-refractivity contribution in [1.82, 2.24) is 14.9 Å². The lowest BCUT2D eigenvalue weighted by molar-refractivity contribution is 0.219. The number of hydrogen-bond acceptors (Lipinski definition) is 5. The summed E-state index contributed by atoms with van der Waals surface area (Å²) in [4.78, 5) is 10.8. The third kappa shape index (κ3) is 3.41. The molecule has 0 bridgehead atoms. The van der Waals surface area contributed by atoms with Gasteiger partial charge >= 0.3 is 0 Å². The second-order valence-electron chi connectivity index (χ2n) is 4.64. The van der Waals surface area contributed by atoms with Crippen LogP contribution in [-0.2, 0) is 0 Å². The molecule has 2 rings (SSSR count). The van der Waals surface area contributed by atoms with Crippen LogP contribution in [0.5, 0.6) is 0 Å². The first kappa shape index (κ1) is 12.8. The topological polar surface area (TPSA) is 64.8 Å². The molecule has 0 aromatic carbocycles. The van der Waals surface area contributed by atoms with Crippen LogP contribution in [0.1, 0.15) is 31.9 Å². The minimum Gasteiger partial charge on any atom is -0.351 e. The van der Waals surface area contributed by atoms with Gasteiger partial charge in [0.15, 0.2) is 0 Å². The summed E-state index contributed by atoms with van der Waals surface area (Å²) in [6.07, 6.45) is 5.06. The maximum absolute atomic E-state index is 8.79. The van der Waals surface area contributed by atoms with Crippen LogP contribution in [0.2, 0.25) is 0 Å². The Morgan fingerprint density at radius 2 is 2.28 bits per heavy atom. The van der Waals surface area contributed by atoms with Crippen molar-refractivity contribution in [1.29, 1.82) is 5.26 Å². The fourth-order valence-electron chi connectivity index (χ4n) is 2.29. The second-order valence-corrected chi connectivity index (χ2v) is 4.64. The summed E-state index contributed by atoms with van der Waals surface area (Å²) in [6.45, 7) is 5.66. The summed E-state index contributed by atoms with van der Waals surface area (Å²) < 4.78 is 0. The number of nitriles is 1. The lowest BCUT2D eigenvalue weighted by atomic mass is 10.1. The van der Waals surface area contributed by atoms with E-state index in [1.807, 2.05) is 6.07 Å². The maximum atomic E-state index is 8.79. The minimum absolute atomic E-state index is 0.413. The quantitative estimate of drug-likeness (QED) is 0.873. The molecule has 1 aliphatic rings. The molecule has 96 valence electrons. The molecule has 1 fully saturated rings. The Hall–Kier alpha value is -1.67. The van der Waals surface area contributed by atoms with E-state index in [-0.39, 0.29) is 0 Å². The van der Waals surface area contributed by atoms with Crippen LogP contribution in [0, 0.1) is 11.3 Å². The summed E-state index contributed by atoms with van der Waals surface area (Å²) in [6, 6.07) is 4.07. The van der Waals surface area contributed by atoms with Gasteiger partial charge in [-0.3, -0.25) is 0 Å². The van der Waals surface area contributed by atoms with Gasteiger partial charge in [-0.2, -0.15) is 5.26 Å². The molecule has 0 spiro atoms. The van der Waals surface area contributed by atoms with Gasteiger partial charge < -0.3 is 10.2 Å². The zero-order valence-corrected chi connectivity index (χ0v) is 10.8. The Labute approximate surface area is 108 Å². The molecule has 1 aliphatic heterocycles. The molecule has 5 heteroatoms. The summed E-state index contributed by atoms with van der Waals surface area (Å²) in [5.41, 5.74) is 0.413. The standard InChI is InChI=1S/C13H19N5/c1-2-7-18-8-4-11(5-9-18)16-13-15-6-3-12(10-14)17-13/h3,6,11H,2,4-5,7-9H2,1H3,(H,15,16,17). The van der Waals surface area contributed by atoms with E-state index in [2.05, 4.69) is 27.1 Å². The Bertz CT molecular complexity index is 418. The molecule has 1 aromatic rings. The van der Waals surface area contributed by atoms with Crippen LogP contribution in [0.4, 0.5) is 5.95 Å². The molecule has 0 unspecified atom stereocenters. The molecule has 1 aromatic heterocycles. The van der Waals surface area contributed by atoms with E-state index >= 15 is 0 Å². The molecule has 1 saturated heterocycles. The average Bonchev–Trinajstić information content (AvgIpc) is 2.42. The van der Waals surface area contributed by atoms with Gasteiger partial charge in [0.1, 0.15) is 11.8 Å². The maximum Gasteiger partial charge on any atom is 0.224 e. The van der Waals surface area contributed by atoms with Gasteiger partial charge in [-0.1, -0.05) is 6.92 Å². The van der Waals surface area contributed by atoms with Gasteiger partial charge in [0.2, 0.25) is 5.95 Å². The molecule has 0 aliphatic carbocycles. The Morgan fingerprint density at radius 3 is 2.94 bits per heavy atom. The molecule has 18 heavy (non-hydrogen) atoms. The highest BCUT2D eigenvalue weighted by molar-refractivity contribution is 5.31. The number of hydrogen-bond donors (Lipinski definition) is 1. The van der Waals surface area contributed by atoms with E-state index in [0.29, 0.717) is 17.7 Å². The number of nitrogens with one attached hydrogen (secondary N) is 1. The molecule has 0 amide bonds. The summed E-state index contributed by atoms with van der Waals surface area (Å²) in [5.74, 6) is 0.572. The SMILES string of the molecule is CCCN1CCC(Nc2nccc(C#N)n2)CC1. The van der Waals surface area contributed by atoms with Crippen LogP contribution in [0.25, 0.3) is 0 Å². The van der Waals surface area contributed by atoms with Crippen LogP contribution in [-0.4, -0.2) is 40.5 Å². The summed E-state index contributed by atoms with van der Waals surface area (Å²) in [5, 5.41) is 12.1. The first-order valence-corrected chi connectivity index (χ1v) is 6.54. The van der Waals surface area contributed by atoms with E-state index in [1.165, 1.54) is 13.0 Å². The van der Waals surface area contributed by atoms with Gasteiger partial charge in [-0.25, -0.2) is 9.97 Å². The van der Waals surface area contributed by atoms with Gasteiger partial charge in [0.05, 0.1) is 0 Å². The van der Waals surface area contributed by atoms with Crippen molar-refractivity contribution in [2.75, 3.05) is 25.0 Å². The van der Waals surface area contributed by atoms with Crippen molar-refractivity contribution >= 4 is 5.95 Å². The van der Waals surface area contributed by atoms with E-state index in [4.69, 9.17) is 5.26 Å². The van der Waals surface area contributed by atoms with Crippen molar-refractivity contribution in [2.24, 2.45) is 0 Å². The predicted molar refractivity (Wildman–Crippen MR) is 70.1 cm³/mol. The fraction of sp³-hybridized carbons (Fsp3) is 0.615. The Morgan fingerprint density at radius 1 is 1.50 bits per heavy atom. The largest absolute Gasteiger partial charge is 0.351 e. The number of aromatic nitrogens is 2. The predicted octanol–water partition coefficient (Wildman–Crippen LogP) is 1.63. The van der Waals surface area contributed by atoms with Gasteiger partial charge in [-0.05, 0) is 31.9 Å². The number of rotatable bonds is 4. The minimum atomic E-state index is 0.413. The van der Waals surface area contributed by atoms with Gasteiger partial charge in [0.25, 0.3) is 0 Å². The van der Waals surface area contributed by atoms with E-state index in [1.54, 1.807) is 12.3 Å². The number of anilines is 1. The van der Waals surface area contributed by atoms with Crippen molar-refractivity contribution in [3.8, 4) is 6.07 Å². The van der Waals surface area contributed by atoms with E-state index in [9.17, 15) is 0 Å². The van der Waals surface area contributed by atoms with Gasteiger partial charge in [0, 0.05) is 25.3 Å². The highest BCUT2D eigenvalue weighted by Crippen LogP contribution is 2.14. The first-order chi connectivity index (χ1) is 8.81. The zero-order valence-electron chi connectivity index (χ0n) is 10.8. The smallest absolute Gasteiger partial charge is 0.224 e. The third-order valence-corrected chi connectivity index (χ3v) is 3.23. The molecule has 0 radical (unpaired) electrons. The highest BCUT2D eigenvalue weighted by Gasteiger charge is 2.18. The fourth-order valence-corrected chi connectivity index (χ4v) is 2.29. The molecule has 5 nitrogen and oxygen atoms in total. The highest BCUT2D eigenvalue weighted by atomic mass is 15.2. The van der Waals surface area contributed by atoms with Crippen molar-refractivity contribution < 1.29 is 0 Å². The van der Waals surface area contributed by atoms with Crippen molar-refractivity contribution in [3.05, 3.63) is 18.0 Å². The lowest BCUT2D eigenvalue weighted by Gasteiger charge is -2.32. The lowest BCUT2D eigenvalue weighted by Crippen LogP contribution is -2.39. The summed E-state index contributed by atoms with van der Waals surface area (Å²) in [7, 11) is 0. The molecule has 1 N–H and O–H groups in total. The Balaban J connectivity index is 1.86. The van der Waals surface area contributed by atoms with Crippen molar-refractivity contribution in [3.63, 3.8) is 0 Å². The van der Waals surface area contributed by atoms with E-state index < -0.39 is 0 Å². The molecular weight excluding hydrogens is 226 g/mol. The van der Waals surface area contributed by atoms with Crippen LogP contribution >= 0.6 is 0 Å². The summed E-state index contributed by atoms with van der Waals surface area (Å²) >= 11 is 0. The third-order valence-electron chi connectivity index (χ3n) is 3.23. The molecule has 2 heterocycles. The van der Waals surface area contributed by atoms with Crippen LogP contribution in [0.15, 0.2) is 12.3 Å².